The molecule has 0 bridgehead atoms. The molecule has 0 fully saturated rings. The van der Waals surface area contributed by atoms with Crippen LogP contribution in [0.15, 0.2) is 29.4 Å². The molecule has 0 unspecified atom stereocenters. The fourth-order valence-electron chi connectivity index (χ4n) is 2.61. The third-order valence-electron chi connectivity index (χ3n) is 3.92. The van der Waals surface area contributed by atoms with Crippen LogP contribution in [0.4, 0.5) is 4.39 Å². The first kappa shape index (κ1) is 20.7. The highest BCUT2D eigenvalue weighted by Crippen LogP contribution is 2.19. The van der Waals surface area contributed by atoms with Crippen molar-refractivity contribution in [3.05, 3.63) is 35.8 Å². The Morgan fingerprint density at radius 3 is 2.83 bits per heavy atom. The van der Waals surface area contributed by atoms with Crippen LogP contribution >= 0.6 is 24.0 Å². The summed E-state index contributed by atoms with van der Waals surface area (Å²) in [5.74, 6) is 0.737. The zero-order valence-electron chi connectivity index (χ0n) is 14.7. The van der Waals surface area contributed by atoms with Crippen molar-refractivity contribution >= 4 is 40.8 Å². The molecule has 2 N–H and O–H groups in total. The van der Waals surface area contributed by atoms with Gasteiger partial charge in [0, 0.05) is 43.8 Å². The maximum absolute atomic E-state index is 13.4. The Labute approximate surface area is 160 Å². The molecule has 0 aliphatic carbocycles. The monoisotopic (exact) mass is 446 g/mol. The molecule has 6 heteroatoms. The number of nitrogens with zero attached hydrogens (tertiary/aromatic N) is 2. The number of halogens is 2. The third kappa shape index (κ3) is 5.65. The lowest BCUT2D eigenvalue weighted by Crippen LogP contribution is -2.39. The Bertz CT molecular complexity index is 654. The average Bonchev–Trinajstić information content (AvgIpc) is 2.94. The van der Waals surface area contributed by atoms with E-state index < -0.39 is 0 Å². The molecule has 0 spiro atoms. The van der Waals surface area contributed by atoms with Gasteiger partial charge in [0.25, 0.3) is 0 Å². The third-order valence-corrected chi connectivity index (χ3v) is 3.92. The molecule has 2 rings (SSSR count). The van der Waals surface area contributed by atoms with Gasteiger partial charge in [0.05, 0.1) is 0 Å². The zero-order chi connectivity index (χ0) is 16.7. The molecule has 0 amide bonds. The van der Waals surface area contributed by atoms with E-state index in [0.29, 0.717) is 6.54 Å². The van der Waals surface area contributed by atoms with Crippen LogP contribution < -0.4 is 5.32 Å². The standard InChI is InChI=1S/C18H27FN4.HI/c1-4-6-11-23(3)18(20-5-2)21-10-9-14-13-22-17-8-7-15(19)12-16(14)17;/h7-8,12-13,22H,4-6,9-11H2,1-3H3,(H,20,21);1H. The van der Waals surface area contributed by atoms with E-state index in [2.05, 4.69) is 36.1 Å². The Balaban J connectivity index is 0.00000288. The molecule has 1 aromatic carbocycles. The second-order valence-corrected chi connectivity index (χ2v) is 5.76. The molecule has 0 saturated heterocycles. The SMILES string of the molecule is CCCCN(C)C(=NCCc1c[nH]c2ccc(F)cc12)NCC.I. The van der Waals surface area contributed by atoms with Gasteiger partial charge in [0.2, 0.25) is 0 Å². The van der Waals surface area contributed by atoms with E-state index in [1.165, 1.54) is 12.5 Å². The smallest absolute Gasteiger partial charge is 0.193 e. The molecule has 4 nitrogen and oxygen atoms in total. The number of guanidine groups is 1. The largest absolute Gasteiger partial charge is 0.361 e. The first-order valence-electron chi connectivity index (χ1n) is 8.40. The number of benzene rings is 1. The number of nitrogens with one attached hydrogen (secondary N) is 2. The number of aliphatic imine (C=N–C) groups is 1. The second-order valence-electron chi connectivity index (χ2n) is 5.76. The number of aromatic nitrogens is 1. The fraction of sp³-hybridized carbons (Fsp3) is 0.500. The van der Waals surface area contributed by atoms with E-state index in [1.807, 2.05) is 6.20 Å². The fourth-order valence-corrected chi connectivity index (χ4v) is 2.61. The van der Waals surface area contributed by atoms with E-state index in [1.54, 1.807) is 12.1 Å². The van der Waals surface area contributed by atoms with Crippen LogP contribution in [0.5, 0.6) is 0 Å². The lowest BCUT2D eigenvalue weighted by atomic mass is 10.1. The minimum absolute atomic E-state index is 0. The van der Waals surface area contributed by atoms with E-state index >= 15 is 0 Å². The number of H-pyrrole nitrogens is 1. The summed E-state index contributed by atoms with van der Waals surface area (Å²) >= 11 is 0. The minimum Gasteiger partial charge on any atom is -0.361 e. The summed E-state index contributed by atoms with van der Waals surface area (Å²) in [5.41, 5.74) is 2.08. The maximum atomic E-state index is 13.4. The maximum Gasteiger partial charge on any atom is 0.193 e. The van der Waals surface area contributed by atoms with Gasteiger partial charge in [-0.05, 0) is 43.5 Å². The predicted octanol–water partition coefficient (Wildman–Crippen LogP) is 4.16. The van der Waals surface area contributed by atoms with Crippen molar-refractivity contribution in [2.75, 3.05) is 26.7 Å². The normalized spacial score (nSPS) is 11.4. The molecule has 134 valence electrons. The van der Waals surface area contributed by atoms with E-state index in [-0.39, 0.29) is 29.8 Å². The highest BCUT2D eigenvalue weighted by molar-refractivity contribution is 14.0. The van der Waals surface area contributed by atoms with Gasteiger partial charge in [0.1, 0.15) is 5.82 Å². The highest BCUT2D eigenvalue weighted by atomic mass is 127. The lowest BCUT2D eigenvalue weighted by molar-refractivity contribution is 0.465. The van der Waals surface area contributed by atoms with Gasteiger partial charge in [-0.15, -0.1) is 24.0 Å². The van der Waals surface area contributed by atoms with Gasteiger partial charge < -0.3 is 15.2 Å². The Morgan fingerprint density at radius 2 is 2.12 bits per heavy atom. The van der Waals surface area contributed by atoms with Gasteiger partial charge in [-0.1, -0.05) is 13.3 Å². The number of aromatic amines is 1. The number of hydrogen-bond donors (Lipinski definition) is 2. The highest BCUT2D eigenvalue weighted by Gasteiger charge is 2.07. The molecule has 24 heavy (non-hydrogen) atoms. The Kier molecular flexibility index (Phi) is 9.10. The van der Waals surface area contributed by atoms with Gasteiger partial charge in [-0.25, -0.2) is 4.39 Å². The van der Waals surface area contributed by atoms with Crippen LogP contribution in [0, 0.1) is 5.82 Å². The Morgan fingerprint density at radius 1 is 1.33 bits per heavy atom. The Hall–Kier alpha value is -1.31. The summed E-state index contributed by atoms with van der Waals surface area (Å²) < 4.78 is 13.4. The molecule has 0 atom stereocenters. The number of rotatable bonds is 7. The van der Waals surface area contributed by atoms with Crippen LogP contribution in [0.25, 0.3) is 10.9 Å². The summed E-state index contributed by atoms with van der Waals surface area (Å²) in [4.78, 5) is 10.1. The van der Waals surface area contributed by atoms with E-state index in [9.17, 15) is 4.39 Å². The van der Waals surface area contributed by atoms with Gasteiger partial charge in [0.15, 0.2) is 5.96 Å². The van der Waals surface area contributed by atoms with E-state index in [0.717, 1.165) is 48.4 Å². The molecule has 1 heterocycles. The van der Waals surface area contributed by atoms with Gasteiger partial charge >= 0.3 is 0 Å². The zero-order valence-corrected chi connectivity index (χ0v) is 17.1. The molecule has 0 saturated carbocycles. The van der Waals surface area contributed by atoms with Crippen LogP contribution in [-0.4, -0.2) is 42.5 Å². The molecule has 0 aliphatic rings. The van der Waals surface area contributed by atoms with Crippen molar-refractivity contribution < 1.29 is 4.39 Å². The number of hydrogen-bond acceptors (Lipinski definition) is 1. The van der Waals surface area contributed by atoms with Crippen LogP contribution in [0.1, 0.15) is 32.3 Å². The van der Waals surface area contributed by atoms with Crippen molar-refractivity contribution in [3.63, 3.8) is 0 Å². The van der Waals surface area contributed by atoms with E-state index in [4.69, 9.17) is 4.99 Å². The quantitative estimate of drug-likeness (QED) is 0.381. The van der Waals surface area contributed by atoms with Crippen molar-refractivity contribution in [1.29, 1.82) is 0 Å². The number of fused-ring (bicyclic) bond motifs is 1. The summed E-state index contributed by atoms with van der Waals surface area (Å²) in [6.07, 6.45) is 5.07. The predicted molar refractivity (Wildman–Crippen MR) is 111 cm³/mol. The summed E-state index contributed by atoms with van der Waals surface area (Å²) in [5, 5.41) is 4.27. The average molecular weight is 446 g/mol. The second kappa shape index (κ2) is 10.5. The molecular formula is C18H28FIN4. The topological polar surface area (TPSA) is 43.4 Å². The van der Waals surface area contributed by atoms with Crippen LogP contribution in [-0.2, 0) is 6.42 Å². The molecule has 0 aliphatic heterocycles. The number of unbranched alkanes of at least 4 members (excludes halogenated alkanes) is 1. The molecular weight excluding hydrogens is 418 g/mol. The summed E-state index contributed by atoms with van der Waals surface area (Å²) in [7, 11) is 2.07. The lowest BCUT2D eigenvalue weighted by Gasteiger charge is -2.21. The molecule has 1 aromatic heterocycles. The summed E-state index contributed by atoms with van der Waals surface area (Å²) in [6.45, 7) is 6.80. The first-order valence-corrected chi connectivity index (χ1v) is 8.40. The van der Waals surface area contributed by atoms with Crippen molar-refractivity contribution in [1.82, 2.24) is 15.2 Å². The van der Waals surface area contributed by atoms with Crippen molar-refractivity contribution in [3.8, 4) is 0 Å². The minimum atomic E-state index is -0.200. The first-order chi connectivity index (χ1) is 11.2. The van der Waals surface area contributed by atoms with Crippen LogP contribution in [0.2, 0.25) is 0 Å². The summed E-state index contributed by atoms with van der Waals surface area (Å²) in [6, 6.07) is 4.84. The van der Waals surface area contributed by atoms with Gasteiger partial charge in [-0.3, -0.25) is 4.99 Å². The van der Waals surface area contributed by atoms with Crippen molar-refractivity contribution in [2.24, 2.45) is 4.99 Å². The molecule has 2 aromatic rings. The molecule has 0 radical (unpaired) electrons. The van der Waals surface area contributed by atoms with Gasteiger partial charge in [-0.2, -0.15) is 0 Å². The van der Waals surface area contributed by atoms with Crippen molar-refractivity contribution in [2.45, 2.75) is 33.1 Å². The van der Waals surface area contributed by atoms with Crippen LogP contribution in [0.3, 0.4) is 0 Å².